The van der Waals surface area contributed by atoms with Crippen molar-refractivity contribution in [2.75, 3.05) is 20.1 Å². The van der Waals surface area contributed by atoms with Gasteiger partial charge in [0.2, 0.25) is 11.8 Å². The van der Waals surface area contributed by atoms with Gasteiger partial charge in [0, 0.05) is 26.2 Å². The van der Waals surface area contributed by atoms with Crippen molar-refractivity contribution >= 4 is 11.8 Å². The zero-order chi connectivity index (χ0) is 15.2. The number of carbonyl (C=O) groups is 2. The molecule has 114 valence electrons. The molecule has 1 saturated heterocycles. The second kappa shape index (κ2) is 7.15. The molecule has 6 heteroatoms. The maximum absolute atomic E-state index is 12.4. The Morgan fingerprint density at radius 1 is 1.43 bits per heavy atom. The van der Waals surface area contributed by atoms with Crippen LogP contribution in [0.2, 0.25) is 0 Å². The van der Waals surface area contributed by atoms with Gasteiger partial charge in [-0.25, -0.2) is 9.97 Å². The summed E-state index contributed by atoms with van der Waals surface area (Å²) in [6, 6.07) is 1.66. The highest BCUT2D eigenvalue weighted by atomic mass is 16.2. The van der Waals surface area contributed by atoms with Crippen LogP contribution < -0.4 is 0 Å². The van der Waals surface area contributed by atoms with Crippen LogP contribution >= 0.6 is 0 Å². The zero-order valence-corrected chi connectivity index (χ0v) is 12.7. The number of hydrogen-bond donors (Lipinski definition) is 0. The van der Waals surface area contributed by atoms with E-state index < -0.39 is 0 Å². The van der Waals surface area contributed by atoms with Crippen molar-refractivity contribution < 1.29 is 9.59 Å². The SMILES string of the molecule is C[C@@H](c1ccncn1)N(C)C(=O)CN1CCCCCC1=O. The van der Waals surface area contributed by atoms with E-state index in [4.69, 9.17) is 0 Å². The van der Waals surface area contributed by atoms with Crippen LogP contribution in [0.1, 0.15) is 44.3 Å². The van der Waals surface area contributed by atoms with Gasteiger partial charge in [-0.1, -0.05) is 6.42 Å². The molecule has 2 heterocycles. The van der Waals surface area contributed by atoms with Crippen molar-refractivity contribution in [2.45, 2.75) is 38.6 Å². The van der Waals surface area contributed by atoms with Crippen molar-refractivity contribution in [3.63, 3.8) is 0 Å². The fourth-order valence-electron chi connectivity index (χ4n) is 2.44. The van der Waals surface area contributed by atoms with E-state index in [1.807, 2.05) is 6.92 Å². The molecule has 0 saturated carbocycles. The lowest BCUT2D eigenvalue weighted by molar-refractivity contribution is -0.140. The minimum atomic E-state index is -0.136. The molecule has 1 aromatic heterocycles. The van der Waals surface area contributed by atoms with Crippen LogP contribution in [-0.4, -0.2) is 51.7 Å². The third-order valence-electron chi connectivity index (χ3n) is 4.00. The van der Waals surface area contributed by atoms with Crippen molar-refractivity contribution in [2.24, 2.45) is 0 Å². The monoisotopic (exact) mass is 290 g/mol. The fourth-order valence-corrected chi connectivity index (χ4v) is 2.44. The molecule has 0 spiro atoms. The molecule has 1 aliphatic rings. The number of nitrogens with zero attached hydrogens (tertiary/aromatic N) is 4. The first-order valence-corrected chi connectivity index (χ1v) is 7.39. The van der Waals surface area contributed by atoms with Crippen molar-refractivity contribution in [1.29, 1.82) is 0 Å². The van der Waals surface area contributed by atoms with Crippen LogP contribution in [0.25, 0.3) is 0 Å². The first kappa shape index (κ1) is 15.4. The molecular weight excluding hydrogens is 268 g/mol. The predicted molar refractivity (Wildman–Crippen MR) is 78.3 cm³/mol. The summed E-state index contributed by atoms with van der Waals surface area (Å²) < 4.78 is 0. The summed E-state index contributed by atoms with van der Waals surface area (Å²) in [6.45, 7) is 2.76. The van der Waals surface area contributed by atoms with E-state index in [0.29, 0.717) is 13.0 Å². The van der Waals surface area contributed by atoms with E-state index in [0.717, 1.165) is 25.0 Å². The topological polar surface area (TPSA) is 66.4 Å². The average Bonchev–Trinajstić information content (AvgIpc) is 2.71. The first-order valence-electron chi connectivity index (χ1n) is 7.39. The molecule has 0 N–H and O–H groups in total. The zero-order valence-electron chi connectivity index (χ0n) is 12.7. The lowest BCUT2D eigenvalue weighted by Gasteiger charge is -2.28. The number of carbonyl (C=O) groups excluding carboxylic acids is 2. The van der Waals surface area contributed by atoms with E-state index in [2.05, 4.69) is 9.97 Å². The van der Waals surface area contributed by atoms with E-state index in [9.17, 15) is 9.59 Å². The molecule has 0 unspecified atom stereocenters. The molecule has 1 atom stereocenters. The molecule has 21 heavy (non-hydrogen) atoms. The van der Waals surface area contributed by atoms with Crippen LogP contribution in [0.5, 0.6) is 0 Å². The van der Waals surface area contributed by atoms with Crippen molar-refractivity contribution in [3.8, 4) is 0 Å². The Bertz CT molecular complexity index is 492. The van der Waals surface area contributed by atoms with Gasteiger partial charge in [0.05, 0.1) is 18.3 Å². The van der Waals surface area contributed by atoms with Gasteiger partial charge >= 0.3 is 0 Å². The Kier molecular flexibility index (Phi) is 5.25. The predicted octanol–water partition coefficient (Wildman–Crippen LogP) is 1.40. The summed E-state index contributed by atoms with van der Waals surface area (Å²) in [6.07, 6.45) is 6.65. The molecule has 1 fully saturated rings. The maximum atomic E-state index is 12.4. The summed E-state index contributed by atoms with van der Waals surface area (Å²) in [7, 11) is 1.75. The van der Waals surface area contributed by atoms with E-state index in [-0.39, 0.29) is 24.4 Å². The second-order valence-corrected chi connectivity index (χ2v) is 5.44. The van der Waals surface area contributed by atoms with Crippen LogP contribution in [0, 0.1) is 0 Å². The van der Waals surface area contributed by atoms with Gasteiger partial charge < -0.3 is 9.80 Å². The van der Waals surface area contributed by atoms with Crippen LogP contribution in [0.4, 0.5) is 0 Å². The van der Waals surface area contributed by atoms with E-state index in [1.165, 1.54) is 6.33 Å². The Balaban J connectivity index is 1.97. The normalized spacial score (nSPS) is 17.2. The summed E-state index contributed by atoms with van der Waals surface area (Å²) in [5.41, 5.74) is 0.794. The third kappa shape index (κ3) is 4.00. The number of rotatable bonds is 4. The van der Waals surface area contributed by atoms with Gasteiger partial charge in [-0.2, -0.15) is 0 Å². The number of likely N-dealkylation sites (N-methyl/N-ethyl adjacent to an activating group) is 1. The molecule has 1 aliphatic heterocycles. The third-order valence-corrected chi connectivity index (χ3v) is 4.00. The highest BCUT2D eigenvalue weighted by Crippen LogP contribution is 2.17. The van der Waals surface area contributed by atoms with E-state index in [1.54, 1.807) is 29.1 Å². The summed E-state index contributed by atoms with van der Waals surface area (Å²) in [5, 5.41) is 0. The summed E-state index contributed by atoms with van der Waals surface area (Å²) >= 11 is 0. The second-order valence-electron chi connectivity index (χ2n) is 5.44. The number of amides is 2. The molecule has 2 amide bonds. The highest BCUT2D eigenvalue weighted by molar-refractivity contribution is 5.85. The smallest absolute Gasteiger partial charge is 0.242 e. The standard InChI is InChI=1S/C15H22N4O2/c1-12(13-7-8-16-11-17-13)18(2)15(21)10-19-9-5-3-4-6-14(19)20/h7-8,11-12H,3-6,9-10H2,1-2H3/t12-/m0/s1. The molecule has 6 nitrogen and oxygen atoms in total. The van der Waals surface area contributed by atoms with Crippen LogP contribution in [0.15, 0.2) is 18.6 Å². The lowest BCUT2D eigenvalue weighted by atomic mass is 10.2. The van der Waals surface area contributed by atoms with Crippen molar-refractivity contribution in [1.82, 2.24) is 19.8 Å². The molecular formula is C15H22N4O2. The number of likely N-dealkylation sites (tertiary alicyclic amines) is 1. The van der Waals surface area contributed by atoms with Gasteiger partial charge in [-0.3, -0.25) is 9.59 Å². The minimum Gasteiger partial charge on any atom is -0.336 e. The Hall–Kier alpha value is -1.98. The minimum absolute atomic E-state index is 0.0589. The highest BCUT2D eigenvalue weighted by Gasteiger charge is 2.24. The maximum Gasteiger partial charge on any atom is 0.242 e. The average molecular weight is 290 g/mol. The number of aromatic nitrogens is 2. The molecule has 0 radical (unpaired) electrons. The van der Waals surface area contributed by atoms with Gasteiger partial charge in [0.25, 0.3) is 0 Å². The first-order chi connectivity index (χ1) is 10.1. The van der Waals surface area contributed by atoms with Crippen LogP contribution in [0.3, 0.4) is 0 Å². The van der Waals surface area contributed by atoms with Gasteiger partial charge in [0.1, 0.15) is 6.33 Å². The quantitative estimate of drug-likeness (QED) is 0.840. The molecule has 0 aliphatic carbocycles. The Morgan fingerprint density at radius 2 is 2.24 bits per heavy atom. The van der Waals surface area contributed by atoms with Gasteiger partial charge in [-0.15, -0.1) is 0 Å². The lowest BCUT2D eigenvalue weighted by Crippen LogP contribution is -2.42. The largest absolute Gasteiger partial charge is 0.336 e. The van der Waals surface area contributed by atoms with E-state index >= 15 is 0 Å². The van der Waals surface area contributed by atoms with Gasteiger partial charge in [-0.05, 0) is 25.8 Å². The number of hydrogen-bond acceptors (Lipinski definition) is 4. The Morgan fingerprint density at radius 3 is 2.95 bits per heavy atom. The fraction of sp³-hybridized carbons (Fsp3) is 0.600. The molecule has 2 rings (SSSR count). The van der Waals surface area contributed by atoms with Crippen molar-refractivity contribution in [3.05, 3.63) is 24.3 Å². The van der Waals surface area contributed by atoms with Crippen LogP contribution in [-0.2, 0) is 9.59 Å². The molecule has 1 aromatic rings. The van der Waals surface area contributed by atoms with Gasteiger partial charge in [0.15, 0.2) is 0 Å². The molecule has 0 aromatic carbocycles. The summed E-state index contributed by atoms with van der Waals surface area (Å²) in [4.78, 5) is 35.7. The Labute approximate surface area is 125 Å². The summed E-state index contributed by atoms with van der Waals surface area (Å²) in [5.74, 6) is 0.0281. The molecule has 0 bridgehead atoms.